The Balaban J connectivity index is 0.000000118. The van der Waals surface area contributed by atoms with Crippen LogP contribution in [0.1, 0.15) is 188 Å². The van der Waals surface area contributed by atoms with E-state index in [2.05, 4.69) is 135 Å². The Morgan fingerprint density at radius 1 is 0.320 bits per heavy atom. The molecule has 0 unspecified atom stereocenters. The summed E-state index contributed by atoms with van der Waals surface area (Å²) in [5, 5.41) is 54.0. The van der Waals surface area contributed by atoms with E-state index in [1.807, 2.05) is 170 Å². The van der Waals surface area contributed by atoms with Crippen LogP contribution in [0.25, 0.3) is 112 Å². The van der Waals surface area contributed by atoms with Gasteiger partial charge in [0.2, 0.25) is 0 Å². The second kappa shape index (κ2) is 36.7. The number of aromatic nitrogens is 28. The standard InChI is InChI=1S/C23H29N7O2S.2C23H27N7O.C20H23N7O2S/c1-3-20(4-2)29-15-19(12-26-29)23-22-5-8-24-30(22)16-21(27-23)18-11-25-28(14-18)13-17-6-9-33(31,32)10-7-17;2*1-3-19(4-2)29-14-18(11-26-29)23-22-7-8-24-30(22)15-21(27-23)17-10-25-28(13-17)12-16-5-6-20(31)9-16;1-3-16(4-2)25-10-15(8-23-25)20-19-5-6-21-27(19)11-18(24-20)14-7-22-26(9-14)17-12-30(28,29)13-17/h5,8,11-12,14-17,20H,3-4,6-7,9-10,13H2,1-2H3;2*7-8,10-11,13-16,19H,3-6,9,12H2,1-2H3;5-11,16-17H,3-4,12-13H2,1-2H3/t;2*16-;/m.10./s1. The van der Waals surface area contributed by atoms with Gasteiger partial charge in [0.15, 0.2) is 9.84 Å². The summed E-state index contributed by atoms with van der Waals surface area (Å²) in [5.41, 5.74) is 17.7. The van der Waals surface area contributed by atoms with E-state index in [0.29, 0.717) is 98.6 Å². The number of hydrogen-bond donors (Lipinski definition) is 0. The number of carbonyl (C=O) groups excluding carboxylic acids is 2. The van der Waals surface area contributed by atoms with Gasteiger partial charge in [0.1, 0.15) is 21.4 Å². The molecule has 16 aromatic rings. The van der Waals surface area contributed by atoms with Gasteiger partial charge >= 0.3 is 0 Å². The van der Waals surface area contributed by atoms with Crippen molar-refractivity contribution in [1.29, 1.82) is 0 Å². The maximum absolute atomic E-state index is 11.7. The average molecular weight is 1730 g/mol. The molecule has 0 amide bonds. The molecule has 36 heteroatoms. The number of fused-ring (bicyclic) bond motifs is 4. The van der Waals surface area contributed by atoms with Crippen molar-refractivity contribution in [2.75, 3.05) is 23.0 Å². The molecule has 2 aliphatic carbocycles. The normalized spacial score (nSPS) is 16.6. The molecule has 125 heavy (non-hydrogen) atoms. The van der Waals surface area contributed by atoms with Crippen molar-refractivity contribution in [1.82, 2.24) is 137 Å². The summed E-state index contributed by atoms with van der Waals surface area (Å²) in [7, 11) is -5.76. The molecule has 0 bridgehead atoms. The van der Waals surface area contributed by atoms with E-state index in [1.165, 1.54) is 0 Å². The van der Waals surface area contributed by atoms with E-state index in [4.69, 9.17) is 19.9 Å². The Bertz CT molecular complexity index is 6480. The first-order chi connectivity index (χ1) is 60.7. The van der Waals surface area contributed by atoms with Crippen molar-refractivity contribution < 1.29 is 26.4 Å². The monoisotopic (exact) mass is 1730 g/mol. The first kappa shape index (κ1) is 84.6. The molecule has 650 valence electrons. The van der Waals surface area contributed by atoms with Gasteiger partial charge in [-0.25, -0.2) is 54.8 Å². The van der Waals surface area contributed by atoms with Crippen molar-refractivity contribution in [3.63, 3.8) is 0 Å². The minimum atomic E-state index is -2.91. The van der Waals surface area contributed by atoms with Crippen LogP contribution < -0.4 is 0 Å². The van der Waals surface area contributed by atoms with Gasteiger partial charge in [-0.3, -0.25) is 47.0 Å². The van der Waals surface area contributed by atoms with Gasteiger partial charge in [-0.05, 0) is 119 Å². The second-order valence-corrected chi connectivity index (χ2v) is 37.9. The molecule has 4 aliphatic rings. The lowest BCUT2D eigenvalue weighted by molar-refractivity contribution is -0.118. The predicted octanol–water partition coefficient (Wildman–Crippen LogP) is 14.8. The molecule has 0 aromatic carbocycles. The maximum atomic E-state index is 11.7. The van der Waals surface area contributed by atoms with Crippen LogP contribution in [0.15, 0.2) is 173 Å². The molecule has 2 atom stereocenters. The summed E-state index contributed by atoms with van der Waals surface area (Å²) < 4.78 is 69.3. The molecule has 20 rings (SSSR count). The lowest BCUT2D eigenvalue weighted by Gasteiger charge is -2.25. The lowest BCUT2D eigenvalue weighted by Crippen LogP contribution is -2.38. The first-order valence-corrected chi connectivity index (χ1v) is 47.5. The number of Topliss-reactive ketones (excluding diaryl/α,β-unsaturated/α-hetero) is 2. The fourth-order valence-electron chi connectivity index (χ4n) is 17.6. The number of carbonyl (C=O) groups is 2. The summed E-state index contributed by atoms with van der Waals surface area (Å²) in [6, 6.07) is 9.25. The minimum absolute atomic E-state index is 0.102. The van der Waals surface area contributed by atoms with E-state index in [-0.39, 0.29) is 29.1 Å². The third-order valence-electron chi connectivity index (χ3n) is 25.0. The van der Waals surface area contributed by atoms with Gasteiger partial charge in [-0.1, -0.05) is 55.4 Å². The zero-order valence-electron chi connectivity index (χ0n) is 71.8. The Hall–Kier alpha value is -12.6. The zero-order valence-corrected chi connectivity index (χ0v) is 73.5. The summed E-state index contributed by atoms with van der Waals surface area (Å²) >= 11 is 0. The van der Waals surface area contributed by atoms with Crippen LogP contribution in [0.3, 0.4) is 0 Å². The number of rotatable bonds is 27. The van der Waals surface area contributed by atoms with Crippen LogP contribution >= 0.6 is 0 Å². The van der Waals surface area contributed by atoms with Gasteiger partial charge in [-0.15, -0.1) is 0 Å². The number of sulfone groups is 2. The predicted molar refractivity (Wildman–Crippen MR) is 474 cm³/mol. The highest BCUT2D eigenvalue weighted by molar-refractivity contribution is 7.92. The van der Waals surface area contributed by atoms with E-state index >= 15 is 0 Å². The molecule has 16 aromatic heterocycles. The van der Waals surface area contributed by atoms with Crippen molar-refractivity contribution in [3.05, 3.63) is 173 Å². The fraction of sp³-hybridized carbons (Fsp3) is 0.438. The Morgan fingerprint density at radius 3 is 0.896 bits per heavy atom. The topological polar surface area (TPSA) is 366 Å². The van der Waals surface area contributed by atoms with E-state index < -0.39 is 19.7 Å². The number of ketones is 2. The molecule has 34 nitrogen and oxygen atoms in total. The van der Waals surface area contributed by atoms with Gasteiger partial charge in [0.05, 0.1) is 220 Å². The zero-order chi connectivity index (χ0) is 86.6. The van der Waals surface area contributed by atoms with Crippen molar-refractivity contribution in [3.8, 4) is 90.1 Å². The quantitative estimate of drug-likeness (QED) is 0.0461. The highest BCUT2D eigenvalue weighted by Crippen LogP contribution is 2.36. The number of nitrogens with zero attached hydrogens (tertiary/aromatic N) is 28. The van der Waals surface area contributed by atoms with Crippen molar-refractivity contribution in [2.45, 2.75) is 208 Å². The van der Waals surface area contributed by atoms with Gasteiger partial charge < -0.3 is 0 Å². The lowest BCUT2D eigenvalue weighted by atomic mass is 10.0. The average Bonchev–Trinajstić information content (AvgIpc) is 1.65. The van der Waals surface area contributed by atoms with Crippen molar-refractivity contribution >= 4 is 53.3 Å². The third-order valence-corrected chi connectivity index (χ3v) is 28.5. The largest absolute Gasteiger partial charge is 0.300 e. The molecular weight excluding hydrogens is 1620 g/mol. The molecule has 0 spiro atoms. The van der Waals surface area contributed by atoms with Gasteiger partial charge in [0.25, 0.3) is 0 Å². The smallest absolute Gasteiger partial charge is 0.154 e. The second-order valence-electron chi connectivity index (χ2n) is 33.4. The summed E-state index contributed by atoms with van der Waals surface area (Å²) in [5.74, 6) is 2.65. The van der Waals surface area contributed by atoms with E-state index in [0.717, 1.165) is 189 Å². The fourth-order valence-corrected chi connectivity index (χ4v) is 20.5. The molecule has 2 aliphatic heterocycles. The van der Waals surface area contributed by atoms with Crippen LogP contribution in [0.2, 0.25) is 0 Å². The minimum Gasteiger partial charge on any atom is -0.300 e. The van der Waals surface area contributed by atoms with Crippen molar-refractivity contribution in [2.24, 2.45) is 17.8 Å². The summed E-state index contributed by atoms with van der Waals surface area (Å²) in [4.78, 5) is 42.9. The molecule has 2 saturated heterocycles. The van der Waals surface area contributed by atoms with Gasteiger partial charge in [0, 0.05) is 139 Å². The van der Waals surface area contributed by atoms with E-state index in [9.17, 15) is 26.4 Å². The summed E-state index contributed by atoms with van der Waals surface area (Å²) in [6.07, 6.45) is 59.9. The van der Waals surface area contributed by atoms with Crippen LogP contribution in [0.4, 0.5) is 0 Å². The maximum Gasteiger partial charge on any atom is 0.154 e. The van der Waals surface area contributed by atoms with E-state index in [1.54, 1.807) is 40.2 Å². The molecule has 18 heterocycles. The Labute approximate surface area is 724 Å². The SMILES string of the molecule is CCC(CC)n1cc(-c2nc(-c3cnn(C4CS(=O)(=O)C4)c3)cn3nccc23)cn1.CCC(CC)n1cc(-c2nc(-c3cnn(CC4CCS(=O)(=O)CC4)c3)cn3nccc23)cn1.CCC(CC)n1cc(-c2nc(-c3cnn(C[C@@H]4CCC(=O)C4)c3)cn3nccc23)cn1.CCC(CC)n1cc(-c2nc(-c3cnn(C[C@H]4CCC(=O)C4)c3)cn3nccc23)cn1. The van der Waals surface area contributed by atoms with Crippen LogP contribution in [0, 0.1) is 17.8 Å². The Morgan fingerprint density at radius 2 is 0.608 bits per heavy atom. The van der Waals surface area contributed by atoms with Crippen LogP contribution in [-0.2, 0) is 48.9 Å². The first-order valence-electron chi connectivity index (χ1n) is 43.8. The molecule has 2 saturated carbocycles. The highest BCUT2D eigenvalue weighted by atomic mass is 32.2. The Kier molecular flexibility index (Phi) is 24.8. The molecule has 4 fully saturated rings. The molecular formula is C89H106N28O6S2. The van der Waals surface area contributed by atoms with Crippen LogP contribution in [0.5, 0.6) is 0 Å². The molecule has 0 radical (unpaired) electrons. The summed E-state index contributed by atoms with van der Waals surface area (Å²) in [6.45, 7) is 19.7. The highest BCUT2D eigenvalue weighted by Gasteiger charge is 2.36. The van der Waals surface area contributed by atoms with Crippen LogP contribution in [-0.4, -0.2) is 188 Å². The van der Waals surface area contributed by atoms with Gasteiger partial charge in [-0.2, -0.15) is 61.2 Å². The number of hydrogen-bond acceptors (Lipinski definition) is 22. The molecule has 0 N–H and O–H groups in total. The third kappa shape index (κ3) is 18.6.